The van der Waals surface area contributed by atoms with Gasteiger partial charge in [-0.05, 0) is 25.1 Å². The lowest BCUT2D eigenvalue weighted by molar-refractivity contribution is -0.113. The van der Waals surface area contributed by atoms with Gasteiger partial charge in [-0.25, -0.2) is 0 Å². The molecule has 1 rings (SSSR count). The van der Waals surface area contributed by atoms with Crippen molar-refractivity contribution in [1.29, 1.82) is 0 Å². The number of ether oxygens (including phenoxy) is 1. The third-order valence-electron chi connectivity index (χ3n) is 1.64. The molecule has 0 aliphatic heterocycles. The molecule has 0 bridgehead atoms. The van der Waals surface area contributed by atoms with Gasteiger partial charge in [0.2, 0.25) is 5.91 Å². The largest absolute Gasteiger partial charge is 0.492 e. The Balaban J connectivity index is 2.77. The Hall–Kier alpha value is -0.740. The molecule has 1 aromatic carbocycles. The smallest absolute Gasteiger partial charge is 0.235 e. The molecule has 0 aliphatic carbocycles. The summed E-state index contributed by atoms with van der Waals surface area (Å²) in [5.74, 6) is 0.506. The number of carbonyl (C=O) groups is 1. The van der Waals surface area contributed by atoms with E-state index in [4.69, 9.17) is 16.3 Å². The highest BCUT2D eigenvalue weighted by molar-refractivity contribution is 9.09. The van der Waals surface area contributed by atoms with Crippen molar-refractivity contribution in [2.24, 2.45) is 0 Å². The van der Waals surface area contributed by atoms with E-state index in [1.807, 2.05) is 6.92 Å². The summed E-state index contributed by atoms with van der Waals surface area (Å²) in [6.45, 7) is 2.45. The molecule has 0 aromatic heterocycles. The van der Waals surface area contributed by atoms with Crippen LogP contribution in [-0.4, -0.2) is 17.8 Å². The van der Waals surface area contributed by atoms with Crippen LogP contribution in [-0.2, 0) is 4.79 Å². The molecule has 0 fully saturated rings. The van der Waals surface area contributed by atoms with Crippen molar-refractivity contribution >= 4 is 39.1 Å². The van der Waals surface area contributed by atoms with Crippen LogP contribution in [0.1, 0.15) is 6.92 Å². The molecule has 0 unspecified atom stereocenters. The second-order valence-electron chi connectivity index (χ2n) is 2.76. The van der Waals surface area contributed by atoms with Crippen molar-refractivity contribution in [3.63, 3.8) is 0 Å². The molecule has 0 atom stereocenters. The van der Waals surface area contributed by atoms with Crippen LogP contribution in [0.3, 0.4) is 0 Å². The van der Waals surface area contributed by atoms with Gasteiger partial charge in [-0.3, -0.25) is 4.79 Å². The predicted octanol–water partition coefficient (Wildman–Crippen LogP) is 3.07. The molecular formula is C10H11BrClNO2. The number of rotatable bonds is 4. The molecule has 0 heterocycles. The van der Waals surface area contributed by atoms with Crippen molar-refractivity contribution in [3.8, 4) is 5.75 Å². The number of carbonyl (C=O) groups excluding carboxylic acids is 1. The molecule has 0 saturated heterocycles. The van der Waals surface area contributed by atoms with Crippen LogP contribution < -0.4 is 10.1 Å². The van der Waals surface area contributed by atoms with Crippen molar-refractivity contribution in [1.82, 2.24) is 0 Å². The van der Waals surface area contributed by atoms with Gasteiger partial charge in [0, 0.05) is 5.69 Å². The van der Waals surface area contributed by atoms with E-state index in [2.05, 4.69) is 21.2 Å². The zero-order chi connectivity index (χ0) is 11.3. The molecule has 0 radical (unpaired) electrons. The molecule has 0 saturated carbocycles. The first-order valence-electron chi connectivity index (χ1n) is 4.45. The van der Waals surface area contributed by atoms with Crippen molar-refractivity contribution < 1.29 is 9.53 Å². The standard InChI is InChI=1S/C10H11BrClNO2/c1-2-15-9-4-3-7(5-8(9)12)13-10(14)6-11/h3-5H,2,6H2,1H3,(H,13,14). The molecule has 1 N–H and O–H groups in total. The van der Waals surface area contributed by atoms with Gasteiger partial charge in [-0.2, -0.15) is 0 Å². The van der Waals surface area contributed by atoms with Crippen LogP contribution >= 0.6 is 27.5 Å². The van der Waals surface area contributed by atoms with E-state index in [9.17, 15) is 4.79 Å². The summed E-state index contributed by atoms with van der Waals surface area (Å²) in [5.41, 5.74) is 0.660. The maximum Gasteiger partial charge on any atom is 0.235 e. The summed E-state index contributed by atoms with van der Waals surface area (Å²) in [7, 11) is 0. The van der Waals surface area contributed by atoms with Crippen LogP contribution in [0, 0.1) is 0 Å². The fourth-order valence-corrected chi connectivity index (χ4v) is 1.42. The number of amides is 1. The minimum absolute atomic E-state index is 0.116. The zero-order valence-electron chi connectivity index (χ0n) is 8.22. The second-order valence-corrected chi connectivity index (χ2v) is 3.73. The topological polar surface area (TPSA) is 38.3 Å². The van der Waals surface area contributed by atoms with Gasteiger partial charge in [0.15, 0.2) is 0 Å². The number of anilines is 1. The number of nitrogens with one attached hydrogen (secondary N) is 1. The highest BCUT2D eigenvalue weighted by Gasteiger charge is 2.04. The average molecular weight is 293 g/mol. The average Bonchev–Trinajstić information content (AvgIpc) is 2.22. The highest BCUT2D eigenvalue weighted by atomic mass is 79.9. The first-order valence-corrected chi connectivity index (χ1v) is 5.95. The monoisotopic (exact) mass is 291 g/mol. The first kappa shape index (κ1) is 12.3. The molecule has 82 valence electrons. The Morgan fingerprint density at radius 3 is 2.87 bits per heavy atom. The Labute approximate surface area is 102 Å². The van der Waals surface area contributed by atoms with Crippen LogP contribution in [0.2, 0.25) is 5.02 Å². The van der Waals surface area contributed by atoms with Crippen molar-refractivity contribution in [2.75, 3.05) is 17.3 Å². The van der Waals surface area contributed by atoms with Crippen LogP contribution in [0.4, 0.5) is 5.69 Å². The van der Waals surface area contributed by atoms with Crippen LogP contribution in [0.15, 0.2) is 18.2 Å². The fourth-order valence-electron chi connectivity index (χ4n) is 1.05. The summed E-state index contributed by atoms with van der Waals surface area (Å²) < 4.78 is 5.27. The normalized spacial score (nSPS) is 9.80. The lowest BCUT2D eigenvalue weighted by atomic mass is 10.3. The summed E-state index contributed by atoms with van der Waals surface area (Å²) >= 11 is 9.01. The SMILES string of the molecule is CCOc1ccc(NC(=O)CBr)cc1Cl. The van der Waals surface area contributed by atoms with Gasteiger partial charge in [0.1, 0.15) is 5.75 Å². The maximum absolute atomic E-state index is 11.1. The van der Waals surface area contributed by atoms with E-state index < -0.39 is 0 Å². The minimum Gasteiger partial charge on any atom is -0.492 e. The van der Waals surface area contributed by atoms with Gasteiger partial charge in [-0.15, -0.1) is 0 Å². The summed E-state index contributed by atoms with van der Waals surface area (Å²) in [4.78, 5) is 11.1. The Morgan fingerprint density at radius 2 is 2.33 bits per heavy atom. The molecule has 5 heteroatoms. The van der Waals surface area contributed by atoms with E-state index in [-0.39, 0.29) is 11.2 Å². The quantitative estimate of drug-likeness (QED) is 0.866. The molecule has 0 aliphatic rings. The maximum atomic E-state index is 11.1. The van der Waals surface area contributed by atoms with Crippen LogP contribution in [0.25, 0.3) is 0 Å². The number of hydrogen-bond acceptors (Lipinski definition) is 2. The molecular weight excluding hydrogens is 281 g/mol. The van der Waals surface area contributed by atoms with Gasteiger partial charge in [-0.1, -0.05) is 27.5 Å². The second kappa shape index (κ2) is 5.98. The van der Waals surface area contributed by atoms with Gasteiger partial charge in [0.05, 0.1) is 17.0 Å². The number of hydrogen-bond donors (Lipinski definition) is 1. The number of benzene rings is 1. The Bertz CT molecular complexity index is 357. The molecule has 15 heavy (non-hydrogen) atoms. The molecule has 1 aromatic rings. The van der Waals surface area contributed by atoms with E-state index in [0.29, 0.717) is 23.1 Å². The van der Waals surface area contributed by atoms with Crippen molar-refractivity contribution in [2.45, 2.75) is 6.92 Å². The lowest BCUT2D eigenvalue weighted by Crippen LogP contribution is -2.12. The Kier molecular flexibility index (Phi) is 4.91. The third kappa shape index (κ3) is 3.72. The molecule has 0 spiro atoms. The van der Waals surface area contributed by atoms with Gasteiger partial charge < -0.3 is 10.1 Å². The predicted molar refractivity (Wildman–Crippen MR) is 65.0 cm³/mol. The van der Waals surface area contributed by atoms with Crippen LogP contribution in [0.5, 0.6) is 5.75 Å². The number of halogens is 2. The third-order valence-corrected chi connectivity index (χ3v) is 2.44. The summed E-state index contributed by atoms with van der Waals surface area (Å²) in [6, 6.07) is 5.14. The summed E-state index contributed by atoms with van der Waals surface area (Å²) in [6.07, 6.45) is 0. The van der Waals surface area contributed by atoms with E-state index >= 15 is 0 Å². The van der Waals surface area contributed by atoms with E-state index in [0.717, 1.165) is 0 Å². The minimum atomic E-state index is -0.116. The van der Waals surface area contributed by atoms with Gasteiger partial charge >= 0.3 is 0 Å². The first-order chi connectivity index (χ1) is 7.17. The molecule has 3 nitrogen and oxygen atoms in total. The fraction of sp³-hybridized carbons (Fsp3) is 0.300. The van der Waals surface area contributed by atoms with Crippen molar-refractivity contribution in [3.05, 3.63) is 23.2 Å². The van der Waals surface area contributed by atoms with E-state index in [1.54, 1.807) is 18.2 Å². The zero-order valence-corrected chi connectivity index (χ0v) is 10.6. The van der Waals surface area contributed by atoms with E-state index in [1.165, 1.54) is 0 Å². The number of alkyl halides is 1. The Morgan fingerprint density at radius 1 is 1.60 bits per heavy atom. The summed E-state index contributed by atoms with van der Waals surface area (Å²) in [5, 5.41) is 3.43. The highest BCUT2D eigenvalue weighted by Crippen LogP contribution is 2.27. The van der Waals surface area contributed by atoms with Gasteiger partial charge in [0.25, 0.3) is 0 Å². The lowest BCUT2D eigenvalue weighted by Gasteiger charge is -2.08. The molecule has 1 amide bonds.